The highest BCUT2D eigenvalue weighted by Crippen LogP contribution is 2.17. The van der Waals surface area contributed by atoms with E-state index in [1.54, 1.807) is 35.8 Å². The Balaban J connectivity index is 1.58. The van der Waals surface area contributed by atoms with Crippen LogP contribution in [0, 0.1) is 13.8 Å². The molecule has 138 valence electrons. The number of ether oxygens (including phenoxy) is 1. The van der Waals surface area contributed by atoms with Crippen LogP contribution in [0.3, 0.4) is 0 Å². The molecule has 7 heteroatoms. The maximum atomic E-state index is 12.2. The Morgan fingerprint density at radius 1 is 1.07 bits per heavy atom. The predicted molar refractivity (Wildman–Crippen MR) is 107 cm³/mol. The fourth-order valence-electron chi connectivity index (χ4n) is 2.55. The number of nitrogens with zero attached hydrogens (tertiary/aromatic N) is 1. The number of carbonyl (C=O) groups excluding carboxylic acids is 2. The first-order valence-corrected chi connectivity index (χ1v) is 9.19. The van der Waals surface area contributed by atoms with E-state index in [1.165, 1.54) is 11.3 Å². The van der Waals surface area contributed by atoms with Crippen LogP contribution >= 0.6 is 11.3 Å². The zero-order valence-electron chi connectivity index (χ0n) is 15.0. The lowest BCUT2D eigenvalue weighted by Gasteiger charge is -2.10. The maximum Gasteiger partial charge on any atom is 0.262 e. The summed E-state index contributed by atoms with van der Waals surface area (Å²) in [6.07, 6.45) is 1.62. The molecule has 1 aromatic heterocycles. The molecule has 0 atom stereocenters. The van der Waals surface area contributed by atoms with Gasteiger partial charge in [0.05, 0.1) is 0 Å². The third-order valence-corrected chi connectivity index (χ3v) is 4.31. The zero-order chi connectivity index (χ0) is 19.2. The van der Waals surface area contributed by atoms with Crippen LogP contribution in [0.25, 0.3) is 0 Å². The van der Waals surface area contributed by atoms with Gasteiger partial charge in [-0.1, -0.05) is 12.1 Å². The number of anilines is 2. The molecule has 0 radical (unpaired) electrons. The second kappa shape index (κ2) is 8.46. The minimum Gasteiger partial charge on any atom is -0.484 e. The molecule has 3 aromatic rings. The van der Waals surface area contributed by atoms with Gasteiger partial charge in [-0.05, 0) is 55.3 Å². The van der Waals surface area contributed by atoms with E-state index in [0.717, 1.165) is 11.1 Å². The second-order valence-corrected chi connectivity index (χ2v) is 6.93. The van der Waals surface area contributed by atoms with Crippen molar-refractivity contribution in [3.05, 3.63) is 70.7 Å². The van der Waals surface area contributed by atoms with Crippen LogP contribution in [0.5, 0.6) is 5.75 Å². The molecule has 3 rings (SSSR count). The largest absolute Gasteiger partial charge is 0.484 e. The third kappa shape index (κ3) is 5.39. The van der Waals surface area contributed by atoms with E-state index >= 15 is 0 Å². The van der Waals surface area contributed by atoms with Crippen molar-refractivity contribution < 1.29 is 14.3 Å². The van der Waals surface area contributed by atoms with Crippen LogP contribution in [0.2, 0.25) is 0 Å². The predicted octanol–water partition coefficient (Wildman–Crippen LogP) is 4.03. The molecule has 0 aliphatic rings. The van der Waals surface area contributed by atoms with Gasteiger partial charge >= 0.3 is 0 Å². The van der Waals surface area contributed by atoms with Crippen molar-refractivity contribution in [1.29, 1.82) is 0 Å². The highest BCUT2D eigenvalue weighted by atomic mass is 32.1. The number of carbonyl (C=O) groups is 2. The Labute approximate surface area is 161 Å². The van der Waals surface area contributed by atoms with Gasteiger partial charge in [0, 0.05) is 22.8 Å². The first-order valence-electron chi connectivity index (χ1n) is 8.31. The molecule has 0 fully saturated rings. The summed E-state index contributed by atoms with van der Waals surface area (Å²) >= 11 is 1.34. The molecule has 1 heterocycles. The van der Waals surface area contributed by atoms with Gasteiger partial charge < -0.3 is 10.1 Å². The van der Waals surface area contributed by atoms with E-state index in [0.29, 0.717) is 22.1 Å². The Bertz CT molecular complexity index is 935. The number of rotatable bonds is 6. The van der Waals surface area contributed by atoms with Gasteiger partial charge in [-0.15, -0.1) is 11.3 Å². The zero-order valence-corrected chi connectivity index (χ0v) is 15.8. The van der Waals surface area contributed by atoms with Gasteiger partial charge in [-0.3, -0.25) is 14.9 Å². The summed E-state index contributed by atoms with van der Waals surface area (Å²) in [5.41, 5.74) is 3.10. The SMILES string of the molecule is Cc1cc(C)cc(OCC(=O)Nc2cccc(C(=O)Nc3nccs3)c2)c1. The van der Waals surface area contributed by atoms with Crippen molar-refractivity contribution >= 4 is 34.0 Å². The summed E-state index contributed by atoms with van der Waals surface area (Å²) in [6, 6.07) is 12.5. The Hall–Kier alpha value is -3.19. The van der Waals surface area contributed by atoms with Gasteiger partial charge in [-0.2, -0.15) is 0 Å². The molecule has 2 N–H and O–H groups in total. The molecule has 0 spiro atoms. The lowest BCUT2D eigenvalue weighted by molar-refractivity contribution is -0.118. The van der Waals surface area contributed by atoms with Gasteiger partial charge in [0.15, 0.2) is 11.7 Å². The smallest absolute Gasteiger partial charge is 0.262 e. The quantitative estimate of drug-likeness (QED) is 0.676. The molecule has 0 saturated heterocycles. The molecule has 27 heavy (non-hydrogen) atoms. The first-order chi connectivity index (χ1) is 13.0. The van der Waals surface area contributed by atoms with E-state index in [4.69, 9.17) is 4.74 Å². The van der Waals surface area contributed by atoms with Crippen LogP contribution in [0.15, 0.2) is 54.0 Å². The molecule has 0 bridgehead atoms. The monoisotopic (exact) mass is 381 g/mol. The van der Waals surface area contributed by atoms with Crippen molar-refractivity contribution in [1.82, 2.24) is 4.98 Å². The van der Waals surface area contributed by atoms with E-state index in [2.05, 4.69) is 15.6 Å². The number of aromatic nitrogens is 1. The van der Waals surface area contributed by atoms with Crippen molar-refractivity contribution in [2.45, 2.75) is 13.8 Å². The average Bonchev–Trinajstić information content (AvgIpc) is 3.12. The minimum absolute atomic E-state index is 0.113. The molecule has 0 aliphatic carbocycles. The van der Waals surface area contributed by atoms with Crippen molar-refractivity contribution in [2.75, 3.05) is 17.2 Å². The van der Waals surface area contributed by atoms with Gasteiger partial charge in [0.1, 0.15) is 5.75 Å². The van der Waals surface area contributed by atoms with E-state index in [-0.39, 0.29) is 18.4 Å². The number of thiazole rings is 1. The topological polar surface area (TPSA) is 80.3 Å². The third-order valence-electron chi connectivity index (χ3n) is 3.63. The Morgan fingerprint density at radius 3 is 2.56 bits per heavy atom. The van der Waals surface area contributed by atoms with Crippen molar-refractivity contribution in [2.24, 2.45) is 0 Å². The van der Waals surface area contributed by atoms with E-state index in [9.17, 15) is 9.59 Å². The minimum atomic E-state index is -0.299. The van der Waals surface area contributed by atoms with Crippen molar-refractivity contribution in [3.8, 4) is 5.75 Å². The lowest BCUT2D eigenvalue weighted by Crippen LogP contribution is -2.20. The summed E-state index contributed by atoms with van der Waals surface area (Å²) < 4.78 is 5.55. The lowest BCUT2D eigenvalue weighted by atomic mass is 10.1. The highest BCUT2D eigenvalue weighted by molar-refractivity contribution is 7.13. The van der Waals surface area contributed by atoms with Crippen LogP contribution in [-0.2, 0) is 4.79 Å². The molecular formula is C20H19N3O3S. The molecular weight excluding hydrogens is 362 g/mol. The normalized spacial score (nSPS) is 10.3. The Morgan fingerprint density at radius 2 is 1.85 bits per heavy atom. The van der Waals surface area contributed by atoms with E-state index < -0.39 is 0 Å². The maximum absolute atomic E-state index is 12.2. The number of benzene rings is 2. The molecule has 6 nitrogen and oxygen atoms in total. The summed E-state index contributed by atoms with van der Waals surface area (Å²) in [4.78, 5) is 28.4. The van der Waals surface area contributed by atoms with Gasteiger partial charge in [0.2, 0.25) is 0 Å². The van der Waals surface area contributed by atoms with Gasteiger partial charge in [-0.25, -0.2) is 4.98 Å². The number of nitrogens with one attached hydrogen (secondary N) is 2. The van der Waals surface area contributed by atoms with Crippen LogP contribution in [0.4, 0.5) is 10.8 Å². The Kier molecular flexibility index (Phi) is 5.83. The summed E-state index contributed by atoms with van der Waals surface area (Å²) in [6.45, 7) is 3.84. The number of hydrogen-bond acceptors (Lipinski definition) is 5. The molecule has 2 amide bonds. The van der Waals surface area contributed by atoms with E-state index in [1.807, 2.05) is 32.0 Å². The number of hydrogen-bond donors (Lipinski definition) is 2. The summed E-state index contributed by atoms with van der Waals surface area (Å²) in [5, 5.41) is 7.75. The van der Waals surface area contributed by atoms with Crippen LogP contribution in [-0.4, -0.2) is 23.4 Å². The van der Waals surface area contributed by atoms with Crippen LogP contribution < -0.4 is 15.4 Å². The number of aryl methyl sites for hydroxylation is 2. The highest BCUT2D eigenvalue weighted by Gasteiger charge is 2.10. The molecule has 0 unspecified atom stereocenters. The van der Waals surface area contributed by atoms with Gasteiger partial charge in [0.25, 0.3) is 11.8 Å². The van der Waals surface area contributed by atoms with Crippen molar-refractivity contribution in [3.63, 3.8) is 0 Å². The fraction of sp³-hybridized carbons (Fsp3) is 0.150. The second-order valence-electron chi connectivity index (χ2n) is 6.03. The number of amides is 2. The average molecular weight is 381 g/mol. The first kappa shape index (κ1) is 18.6. The molecule has 0 saturated carbocycles. The molecule has 0 aliphatic heterocycles. The standard InChI is InChI=1S/C20H19N3O3S/c1-13-8-14(2)10-17(9-13)26-12-18(24)22-16-5-3-4-15(11-16)19(25)23-20-21-6-7-27-20/h3-11H,12H2,1-2H3,(H,22,24)(H,21,23,25). The van der Waals surface area contributed by atoms with Crippen LogP contribution in [0.1, 0.15) is 21.5 Å². The summed E-state index contributed by atoms with van der Waals surface area (Å²) in [5.74, 6) is 0.0680. The fourth-order valence-corrected chi connectivity index (χ4v) is 3.08. The molecule has 2 aromatic carbocycles. The summed E-state index contributed by atoms with van der Waals surface area (Å²) in [7, 11) is 0.